The number of hydrogen-bond donors (Lipinski definition) is 1. The third kappa shape index (κ3) is 2.78. The summed E-state index contributed by atoms with van der Waals surface area (Å²) in [4.78, 5) is 0. The van der Waals surface area contributed by atoms with Gasteiger partial charge < -0.3 is 10.3 Å². The molecule has 1 unspecified atom stereocenters. The van der Waals surface area contributed by atoms with E-state index in [0.29, 0.717) is 18.2 Å². The summed E-state index contributed by atoms with van der Waals surface area (Å²) in [6.45, 7) is 1.96. The van der Waals surface area contributed by atoms with E-state index in [1.54, 1.807) is 0 Å². The van der Waals surface area contributed by atoms with Gasteiger partial charge in [0.05, 0.1) is 6.04 Å². The maximum atomic E-state index is 13.6. The van der Waals surface area contributed by atoms with Crippen molar-refractivity contribution in [1.29, 1.82) is 0 Å². The van der Waals surface area contributed by atoms with Crippen molar-refractivity contribution in [2.24, 2.45) is 5.73 Å². The highest BCUT2D eigenvalue weighted by Gasteiger charge is 2.17. The summed E-state index contributed by atoms with van der Waals surface area (Å²) in [7, 11) is 0. The van der Waals surface area contributed by atoms with E-state index in [1.165, 1.54) is 6.07 Å². The van der Waals surface area contributed by atoms with E-state index in [-0.39, 0.29) is 17.3 Å². The molecule has 0 fully saturated rings. The summed E-state index contributed by atoms with van der Waals surface area (Å²) in [6, 6.07) is 2.32. The van der Waals surface area contributed by atoms with Crippen molar-refractivity contribution in [1.82, 2.24) is 5.16 Å². The predicted molar refractivity (Wildman–Crippen MR) is 63.6 cm³/mol. The molecule has 2 aromatic rings. The fourth-order valence-electron chi connectivity index (χ4n) is 1.76. The Morgan fingerprint density at radius 1 is 1.16 bits per heavy atom. The second-order valence-electron chi connectivity index (χ2n) is 4.26. The zero-order chi connectivity index (χ0) is 14.0. The first-order valence-electron chi connectivity index (χ1n) is 5.90. The molecule has 1 atom stereocenters. The molecule has 0 aliphatic carbocycles. The predicted octanol–water partition coefficient (Wildman–Crippen LogP) is 3.56. The maximum absolute atomic E-state index is 13.6. The van der Waals surface area contributed by atoms with E-state index in [4.69, 9.17) is 10.3 Å². The van der Waals surface area contributed by atoms with E-state index in [9.17, 15) is 13.2 Å². The number of halogens is 3. The number of hydrogen-bond acceptors (Lipinski definition) is 3. The first-order chi connectivity index (χ1) is 9.02. The van der Waals surface area contributed by atoms with E-state index in [1.807, 2.05) is 6.92 Å². The van der Waals surface area contributed by atoms with Crippen molar-refractivity contribution in [3.63, 3.8) is 0 Å². The molecule has 0 radical (unpaired) electrons. The molecule has 1 heterocycles. The fourth-order valence-corrected chi connectivity index (χ4v) is 1.76. The summed E-state index contributed by atoms with van der Waals surface area (Å²) in [5.74, 6) is -2.89. The van der Waals surface area contributed by atoms with Gasteiger partial charge in [-0.15, -0.1) is 0 Å². The van der Waals surface area contributed by atoms with E-state index < -0.39 is 17.5 Å². The highest BCUT2D eigenvalue weighted by molar-refractivity contribution is 5.59. The van der Waals surface area contributed by atoms with Gasteiger partial charge in [0, 0.05) is 17.7 Å². The molecule has 0 amide bonds. The van der Waals surface area contributed by atoms with Gasteiger partial charge in [-0.3, -0.25) is 0 Å². The van der Waals surface area contributed by atoms with Crippen LogP contribution in [0.15, 0.2) is 22.7 Å². The van der Waals surface area contributed by atoms with Crippen LogP contribution in [0, 0.1) is 17.5 Å². The topological polar surface area (TPSA) is 52.0 Å². The average Bonchev–Trinajstić information content (AvgIpc) is 2.83. The lowest BCUT2D eigenvalue weighted by Crippen LogP contribution is -2.08. The van der Waals surface area contributed by atoms with Crippen LogP contribution in [-0.4, -0.2) is 5.16 Å². The Kier molecular flexibility index (Phi) is 3.90. The van der Waals surface area contributed by atoms with Crippen LogP contribution in [0.5, 0.6) is 0 Å². The minimum atomic E-state index is -1.24. The van der Waals surface area contributed by atoms with Gasteiger partial charge in [0.2, 0.25) is 0 Å². The Morgan fingerprint density at radius 3 is 2.53 bits per heavy atom. The third-order valence-corrected chi connectivity index (χ3v) is 2.78. The van der Waals surface area contributed by atoms with Crippen LogP contribution in [0.2, 0.25) is 0 Å². The highest BCUT2D eigenvalue weighted by atomic mass is 19.2. The quantitative estimate of drug-likeness (QED) is 0.864. The molecule has 0 aliphatic rings. The van der Waals surface area contributed by atoms with Crippen LogP contribution < -0.4 is 5.73 Å². The number of nitrogens with zero attached hydrogens (tertiary/aromatic N) is 1. The molecule has 102 valence electrons. The summed E-state index contributed by atoms with van der Waals surface area (Å²) in [5, 5.41) is 3.64. The average molecular weight is 270 g/mol. The second-order valence-corrected chi connectivity index (χ2v) is 4.26. The van der Waals surface area contributed by atoms with Crippen molar-refractivity contribution >= 4 is 0 Å². The maximum Gasteiger partial charge on any atom is 0.161 e. The van der Waals surface area contributed by atoms with Gasteiger partial charge >= 0.3 is 0 Å². The molecule has 1 aromatic carbocycles. The molecule has 6 heteroatoms. The summed E-state index contributed by atoms with van der Waals surface area (Å²) < 4.78 is 44.5. The van der Waals surface area contributed by atoms with Crippen LogP contribution in [0.1, 0.15) is 31.6 Å². The van der Waals surface area contributed by atoms with Gasteiger partial charge in [-0.05, 0) is 12.5 Å². The second kappa shape index (κ2) is 5.44. The summed E-state index contributed by atoms with van der Waals surface area (Å²) in [6.07, 6.45) is 1.55. The van der Waals surface area contributed by atoms with Crippen molar-refractivity contribution < 1.29 is 17.7 Å². The van der Waals surface area contributed by atoms with Gasteiger partial charge in [0.15, 0.2) is 17.4 Å². The van der Waals surface area contributed by atoms with Crippen LogP contribution in [0.25, 0.3) is 11.3 Å². The Morgan fingerprint density at radius 2 is 1.84 bits per heavy atom. The molecule has 0 saturated heterocycles. The lowest BCUT2D eigenvalue weighted by Gasteiger charge is -2.03. The third-order valence-electron chi connectivity index (χ3n) is 2.78. The molecule has 2 N–H and O–H groups in total. The van der Waals surface area contributed by atoms with Gasteiger partial charge in [-0.25, -0.2) is 13.2 Å². The Hall–Kier alpha value is -1.82. The molecule has 1 aromatic heterocycles. The molecular formula is C13H13F3N2O. The van der Waals surface area contributed by atoms with E-state index >= 15 is 0 Å². The molecule has 0 saturated carbocycles. The van der Waals surface area contributed by atoms with Crippen molar-refractivity contribution in [2.75, 3.05) is 0 Å². The number of benzene rings is 1. The first-order valence-corrected chi connectivity index (χ1v) is 5.90. The number of aromatic nitrogens is 1. The summed E-state index contributed by atoms with van der Waals surface area (Å²) >= 11 is 0. The molecule has 0 bridgehead atoms. The molecule has 0 spiro atoms. The van der Waals surface area contributed by atoms with Crippen LogP contribution in [0.3, 0.4) is 0 Å². The lowest BCUT2D eigenvalue weighted by atomic mass is 10.1. The molecular weight excluding hydrogens is 257 g/mol. The molecule has 0 aliphatic heterocycles. The normalized spacial score (nSPS) is 12.7. The van der Waals surface area contributed by atoms with E-state index in [0.717, 1.165) is 12.5 Å². The van der Waals surface area contributed by atoms with Gasteiger partial charge in [0.25, 0.3) is 0 Å². The molecule has 2 rings (SSSR count). The zero-order valence-electron chi connectivity index (χ0n) is 10.3. The largest absolute Gasteiger partial charge is 0.359 e. The zero-order valence-corrected chi connectivity index (χ0v) is 10.3. The number of nitrogens with two attached hydrogens (primary N) is 1. The monoisotopic (exact) mass is 270 g/mol. The smallest absolute Gasteiger partial charge is 0.161 e. The number of rotatable bonds is 4. The van der Waals surface area contributed by atoms with Crippen molar-refractivity contribution in [2.45, 2.75) is 25.8 Å². The van der Waals surface area contributed by atoms with Gasteiger partial charge in [-0.1, -0.05) is 18.5 Å². The van der Waals surface area contributed by atoms with Crippen molar-refractivity contribution in [3.8, 4) is 11.3 Å². The lowest BCUT2D eigenvalue weighted by molar-refractivity contribution is 0.356. The molecule has 3 nitrogen and oxygen atoms in total. The Bertz CT molecular complexity index is 583. The van der Waals surface area contributed by atoms with Crippen LogP contribution in [0.4, 0.5) is 13.2 Å². The SMILES string of the molecule is CCCC(N)c1cc(-c2cc(F)c(F)cc2F)no1. The first kappa shape index (κ1) is 13.6. The molecule has 19 heavy (non-hydrogen) atoms. The highest BCUT2D eigenvalue weighted by Crippen LogP contribution is 2.27. The minimum absolute atomic E-state index is 0.0953. The van der Waals surface area contributed by atoms with Gasteiger partial charge in [0.1, 0.15) is 11.5 Å². The standard InChI is InChI=1S/C13H13F3N2O/c1-2-3-11(17)13-6-12(18-19-13)7-4-9(15)10(16)5-8(7)14/h4-6,11H,2-3,17H2,1H3. The van der Waals surface area contributed by atoms with Crippen LogP contribution in [-0.2, 0) is 0 Å². The van der Waals surface area contributed by atoms with E-state index in [2.05, 4.69) is 5.16 Å². The van der Waals surface area contributed by atoms with Crippen LogP contribution >= 0.6 is 0 Å². The van der Waals surface area contributed by atoms with Gasteiger partial charge in [-0.2, -0.15) is 0 Å². The Labute approximate surface area is 108 Å². The Balaban J connectivity index is 2.35. The summed E-state index contributed by atoms with van der Waals surface area (Å²) in [5.41, 5.74) is 5.77. The fraction of sp³-hybridized carbons (Fsp3) is 0.308. The minimum Gasteiger partial charge on any atom is -0.359 e. The van der Waals surface area contributed by atoms with Crippen molar-refractivity contribution in [3.05, 3.63) is 41.4 Å².